The van der Waals surface area contributed by atoms with Gasteiger partial charge in [0.05, 0.1) is 12.1 Å². The van der Waals surface area contributed by atoms with E-state index in [0.717, 1.165) is 41.5 Å². The molecule has 0 amide bonds. The van der Waals surface area contributed by atoms with E-state index >= 15 is 35.1 Å². The minimum Gasteiger partial charge on any atom is -0.507 e. The minimum atomic E-state index is -8.98. The molecule has 2 atom stereocenters. The molecule has 0 aromatic heterocycles. The first-order valence-electron chi connectivity index (χ1n) is 21.9. The molecule has 38 heteroatoms. The number of benzene rings is 2. The molecule has 2 aromatic carbocycles. The van der Waals surface area contributed by atoms with Crippen molar-refractivity contribution in [2.75, 3.05) is 0 Å². The van der Waals surface area contributed by atoms with Crippen molar-refractivity contribution < 1.29 is 159 Å². The van der Waals surface area contributed by atoms with Crippen molar-refractivity contribution in [3.8, 4) is 11.5 Å². The summed E-state index contributed by atoms with van der Waals surface area (Å²) in [5.41, 5.74) is -14.5. The summed E-state index contributed by atoms with van der Waals surface area (Å²) in [6.45, 7) is 5.34. The maximum Gasteiger partial charge on any atom is 0.460 e. The van der Waals surface area contributed by atoms with Gasteiger partial charge >= 0.3 is 95.3 Å². The van der Waals surface area contributed by atoms with Crippen molar-refractivity contribution in [3.63, 3.8) is 0 Å². The molecule has 0 spiro atoms. The second-order valence-corrected chi connectivity index (χ2v) is 20.4. The van der Waals surface area contributed by atoms with Crippen molar-refractivity contribution in [2.24, 2.45) is 9.98 Å². The maximum atomic E-state index is 15.7. The lowest BCUT2D eigenvalue weighted by Gasteiger charge is -2.43. The molecule has 0 radical (unpaired) electrons. The van der Waals surface area contributed by atoms with Crippen LogP contribution in [-0.2, 0) is 22.7 Å². The van der Waals surface area contributed by atoms with E-state index in [1.165, 1.54) is 0 Å². The summed E-state index contributed by atoms with van der Waals surface area (Å²) < 4.78 is 482. The van der Waals surface area contributed by atoms with Gasteiger partial charge in [0.15, 0.2) is 0 Å². The largest absolute Gasteiger partial charge is 0.507 e. The lowest BCUT2D eigenvalue weighted by atomic mass is 9.81. The number of aromatic hydroxyl groups is 2. The Morgan fingerprint density at radius 1 is 0.329 bits per heavy atom. The fourth-order valence-electron chi connectivity index (χ4n) is 7.50. The standard InChI is InChI=1S/C44H36F34N2O2/c1-27(2,3)21-13-19(29(45,46)31(49,50)33(53,54)35(57,58)37(61,62)39(65,66)41(69,70)43(73,74)75)11-17(25(21)81)15-79-23-9-7-8-10-24(23)80-16-18-12-20(14-22(26(18)82)28(4,5)6)30(47,48)32(51,52)34(55,56)36(59,60)38(63,64)40(67,68)42(71,72)44(76,77)78/h11-16,23-24,81-82H,7-10H2,1-6H3/t23-,24?/m1/s1. The Kier molecular flexibility index (Phi) is 17.7. The Labute approximate surface area is 436 Å². The van der Waals surface area contributed by atoms with Gasteiger partial charge in [-0.1, -0.05) is 54.4 Å². The van der Waals surface area contributed by atoms with E-state index < -0.39 is 200 Å². The summed E-state index contributed by atoms with van der Waals surface area (Å²) in [5.74, 6) is -122. The van der Waals surface area contributed by atoms with Gasteiger partial charge in [0.2, 0.25) is 0 Å². The molecule has 1 fully saturated rings. The van der Waals surface area contributed by atoms with Gasteiger partial charge in [-0.25, -0.2) is 0 Å². The van der Waals surface area contributed by atoms with Crippen molar-refractivity contribution >= 4 is 12.4 Å². The number of rotatable bonds is 18. The molecule has 1 unspecified atom stereocenters. The normalized spacial score (nSPS) is 18.8. The van der Waals surface area contributed by atoms with Crippen molar-refractivity contribution in [1.82, 2.24) is 0 Å². The molecule has 4 nitrogen and oxygen atoms in total. The number of alkyl halides is 34. The number of phenols is 2. The highest BCUT2D eigenvalue weighted by Gasteiger charge is 2.97. The SMILES string of the molecule is CC(C)(C)c1cc(C(F)(F)C(F)(F)C(F)(F)C(F)(F)C(F)(F)C(F)(F)C(F)(F)C(F)(F)F)cc(C=NC2CCCC[C@H]2N=Cc2cc(C(F)(F)C(F)(F)C(F)(F)C(F)(F)C(F)(F)C(F)(F)C(F)(F)C(F)(F)F)cc(C(C)(C)C)c2O)c1O. The highest BCUT2D eigenvalue weighted by atomic mass is 19.4. The lowest BCUT2D eigenvalue weighted by Crippen LogP contribution is -2.74. The monoisotopic (exact) mass is 1270 g/mol. The van der Waals surface area contributed by atoms with Crippen LogP contribution in [0.1, 0.15) is 101 Å². The Morgan fingerprint density at radius 3 is 0.744 bits per heavy atom. The summed E-state index contributed by atoms with van der Waals surface area (Å²) >= 11 is 0. The Morgan fingerprint density at radius 2 is 0.537 bits per heavy atom. The Hall–Kier alpha value is -5.00. The van der Waals surface area contributed by atoms with Crippen LogP contribution in [-0.4, -0.2) is 118 Å². The molecule has 3 rings (SSSR count). The molecule has 2 N–H and O–H groups in total. The fourth-order valence-corrected chi connectivity index (χ4v) is 7.50. The predicted molar refractivity (Wildman–Crippen MR) is 214 cm³/mol. The van der Waals surface area contributed by atoms with E-state index in [9.17, 15) is 124 Å². The van der Waals surface area contributed by atoms with E-state index in [-0.39, 0.29) is 25.3 Å². The maximum absolute atomic E-state index is 15.7. The van der Waals surface area contributed by atoms with Crippen LogP contribution in [0.4, 0.5) is 149 Å². The average molecular weight is 1270 g/mol. The van der Waals surface area contributed by atoms with Crippen molar-refractivity contribution in [3.05, 3.63) is 57.6 Å². The summed E-state index contributed by atoms with van der Waals surface area (Å²) in [7, 11) is 0. The topological polar surface area (TPSA) is 65.2 Å². The van der Waals surface area contributed by atoms with Crippen LogP contribution in [0.25, 0.3) is 0 Å². The summed E-state index contributed by atoms with van der Waals surface area (Å²) in [6, 6.07) is -5.20. The molecule has 82 heavy (non-hydrogen) atoms. The molecular formula is C44H36F34N2O2. The second kappa shape index (κ2) is 20.3. The Balaban J connectivity index is 2.26. The molecule has 1 aliphatic rings. The molecule has 472 valence electrons. The van der Waals surface area contributed by atoms with Crippen LogP contribution in [0.3, 0.4) is 0 Å². The molecule has 0 heterocycles. The zero-order valence-electron chi connectivity index (χ0n) is 41.1. The van der Waals surface area contributed by atoms with Gasteiger partial charge in [0.1, 0.15) is 11.5 Å². The van der Waals surface area contributed by atoms with Crippen LogP contribution in [0.5, 0.6) is 11.5 Å². The van der Waals surface area contributed by atoms with Gasteiger partial charge < -0.3 is 10.2 Å². The van der Waals surface area contributed by atoms with Crippen molar-refractivity contribution in [1.29, 1.82) is 0 Å². The van der Waals surface area contributed by atoms with Crippen LogP contribution < -0.4 is 0 Å². The zero-order chi connectivity index (χ0) is 65.3. The van der Waals surface area contributed by atoms with Crippen molar-refractivity contribution in [2.45, 2.75) is 185 Å². The number of hydrogen-bond acceptors (Lipinski definition) is 4. The van der Waals surface area contributed by atoms with Crippen LogP contribution >= 0.6 is 0 Å². The third-order valence-electron chi connectivity index (χ3n) is 12.6. The molecule has 1 saturated carbocycles. The molecule has 0 bridgehead atoms. The van der Waals surface area contributed by atoms with E-state index in [4.69, 9.17) is 0 Å². The minimum absolute atomic E-state index is 0.0344. The summed E-state index contributed by atoms with van der Waals surface area (Å²) in [5, 5.41) is 21.9. The molecule has 2 aromatic rings. The van der Waals surface area contributed by atoms with Crippen LogP contribution in [0.2, 0.25) is 0 Å². The molecule has 0 saturated heterocycles. The fraction of sp³-hybridized carbons (Fsp3) is 0.682. The van der Waals surface area contributed by atoms with Gasteiger partial charge in [-0.05, 0) is 47.9 Å². The predicted octanol–water partition coefficient (Wildman–Crippen LogP) is 17.5. The summed E-state index contributed by atoms with van der Waals surface area (Å²) in [4.78, 5) is 7.57. The zero-order valence-corrected chi connectivity index (χ0v) is 41.1. The summed E-state index contributed by atoms with van der Waals surface area (Å²) in [6.07, 6.45) is -16.6. The van der Waals surface area contributed by atoms with Crippen LogP contribution in [0.15, 0.2) is 34.3 Å². The van der Waals surface area contributed by atoms with Crippen LogP contribution in [0, 0.1) is 0 Å². The van der Waals surface area contributed by atoms with E-state index in [0.29, 0.717) is 0 Å². The van der Waals surface area contributed by atoms with Gasteiger partial charge in [0, 0.05) is 45.8 Å². The first kappa shape index (κ1) is 71.3. The highest BCUT2D eigenvalue weighted by molar-refractivity contribution is 5.86. The number of halogens is 34. The molecular weight excluding hydrogens is 1230 g/mol. The smallest absolute Gasteiger partial charge is 0.460 e. The quantitative estimate of drug-likeness (QED) is 0.115. The highest BCUT2D eigenvalue weighted by Crippen LogP contribution is 2.67. The third kappa shape index (κ3) is 10.5. The number of aliphatic imine (C=N–C) groups is 2. The Bertz CT molecular complexity index is 2540. The van der Waals surface area contributed by atoms with E-state index in [2.05, 4.69) is 9.98 Å². The lowest BCUT2D eigenvalue weighted by molar-refractivity contribution is -0.462. The van der Waals surface area contributed by atoms with E-state index in [1.807, 2.05) is 0 Å². The average Bonchev–Trinajstić information content (AvgIpc) is 3.28. The number of phenolic OH excluding ortho intramolecular Hbond substituents is 2. The number of nitrogens with zero attached hydrogens (tertiary/aromatic N) is 2. The second-order valence-electron chi connectivity index (χ2n) is 20.4. The number of hydrogen-bond donors (Lipinski definition) is 2. The first-order chi connectivity index (χ1) is 35.7. The first-order valence-corrected chi connectivity index (χ1v) is 21.9. The van der Waals surface area contributed by atoms with Gasteiger partial charge in [0.25, 0.3) is 0 Å². The molecule has 1 aliphatic carbocycles. The van der Waals surface area contributed by atoms with Gasteiger partial charge in [-0.3, -0.25) is 9.98 Å². The third-order valence-corrected chi connectivity index (χ3v) is 12.6. The van der Waals surface area contributed by atoms with Gasteiger partial charge in [-0.2, -0.15) is 149 Å². The van der Waals surface area contributed by atoms with E-state index in [1.54, 1.807) is 0 Å². The van der Waals surface area contributed by atoms with Gasteiger partial charge in [-0.15, -0.1) is 0 Å². The molecule has 0 aliphatic heterocycles.